The zero-order valence-electron chi connectivity index (χ0n) is 8.93. The fourth-order valence-electron chi connectivity index (χ4n) is 1.29. The summed E-state index contributed by atoms with van der Waals surface area (Å²) in [7, 11) is 0. The molecule has 6 heteroatoms. The molecular formula is C12H7BrFNO2S. The Balaban J connectivity index is 2.41. The predicted molar refractivity (Wildman–Crippen MR) is 69.4 cm³/mol. The zero-order chi connectivity index (χ0) is 13.1. The first-order valence-corrected chi connectivity index (χ1v) is 6.50. The Hall–Kier alpha value is -1.40. The highest BCUT2D eigenvalue weighted by Gasteiger charge is 2.14. The molecule has 0 saturated carbocycles. The third-order valence-corrected chi connectivity index (χ3v) is 4.14. The summed E-state index contributed by atoms with van der Waals surface area (Å²) in [5.41, 5.74) is -0.143. The number of aromatic carboxylic acids is 1. The number of hydrogen-bond donors (Lipinski definition) is 1. The van der Waals surface area contributed by atoms with E-state index in [0.717, 1.165) is 21.6 Å². The second kappa shape index (κ2) is 5.49. The molecule has 0 saturated heterocycles. The summed E-state index contributed by atoms with van der Waals surface area (Å²) >= 11 is 4.53. The summed E-state index contributed by atoms with van der Waals surface area (Å²) in [6, 6.07) is 8.31. The standard InChI is InChI=1S/C12H7BrFNO2S/c13-9-3-1-2-4-10(9)18-11-8(12(16)17)5-7(14)6-15-11/h1-6H,(H,16,17). The minimum Gasteiger partial charge on any atom is -0.478 e. The van der Waals surface area contributed by atoms with E-state index in [0.29, 0.717) is 0 Å². The number of carboxylic acids is 1. The molecular weight excluding hydrogens is 321 g/mol. The summed E-state index contributed by atoms with van der Waals surface area (Å²) in [6.07, 6.45) is 1.01. The molecule has 1 aromatic carbocycles. The number of pyridine rings is 1. The number of hydrogen-bond acceptors (Lipinski definition) is 3. The molecule has 92 valence electrons. The Morgan fingerprint density at radius 2 is 2.11 bits per heavy atom. The number of halogens is 2. The van der Waals surface area contributed by atoms with Crippen LogP contribution in [0.25, 0.3) is 0 Å². The van der Waals surface area contributed by atoms with Gasteiger partial charge in [0, 0.05) is 9.37 Å². The summed E-state index contributed by atoms with van der Waals surface area (Å²) in [5.74, 6) is -1.86. The fourth-order valence-corrected chi connectivity index (χ4v) is 2.70. The molecule has 0 amide bonds. The van der Waals surface area contributed by atoms with E-state index < -0.39 is 11.8 Å². The average molecular weight is 328 g/mol. The molecule has 0 aliphatic rings. The van der Waals surface area contributed by atoms with Crippen molar-refractivity contribution in [2.24, 2.45) is 0 Å². The van der Waals surface area contributed by atoms with E-state index in [1.165, 1.54) is 11.8 Å². The van der Waals surface area contributed by atoms with Crippen LogP contribution in [0.5, 0.6) is 0 Å². The maximum Gasteiger partial charge on any atom is 0.338 e. The Morgan fingerprint density at radius 3 is 2.78 bits per heavy atom. The van der Waals surface area contributed by atoms with E-state index in [4.69, 9.17) is 5.11 Å². The SMILES string of the molecule is O=C(O)c1cc(F)cnc1Sc1ccccc1Br. The lowest BCUT2D eigenvalue weighted by molar-refractivity contribution is 0.0691. The zero-order valence-corrected chi connectivity index (χ0v) is 11.3. The molecule has 0 fully saturated rings. The normalized spacial score (nSPS) is 10.3. The van der Waals surface area contributed by atoms with Crippen molar-refractivity contribution in [1.82, 2.24) is 4.98 Å². The summed E-state index contributed by atoms with van der Waals surface area (Å²) in [5, 5.41) is 9.27. The van der Waals surface area contributed by atoms with Gasteiger partial charge in [0.2, 0.25) is 0 Å². The molecule has 0 spiro atoms. The number of nitrogens with zero attached hydrogens (tertiary/aromatic N) is 1. The van der Waals surface area contributed by atoms with Crippen LogP contribution in [-0.2, 0) is 0 Å². The molecule has 1 aromatic heterocycles. The quantitative estimate of drug-likeness (QED) is 0.930. The van der Waals surface area contributed by atoms with Gasteiger partial charge in [0.05, 0.1) is 11.8 Å². The minimum absolute atomic E-state index is 0.143. The summed E-state index contributed by atoms with van der Waals surface area (Å²) < 4.78 is 13.8. The van der Waals surface area contributed by atoms with Crippen LogP contribution in [-0.4, -0.2) is 16.1 Å². The highest BCUT2D eigenvalue weighted by molar-refractivity contribution is 9.10. The van der Waals surface area contributed by atoms with Crippen molar-refractivity contribution in [3.8, 4) is 0 Å². The minimum atomic E-state index is -1.20. The Morgan fingerprint density at radius 1 is 1.39 bits per heavy atom. The van der Waals surface area contributed by atoms with Crippen molar-refractivity contribution in [2.45, 2.75) is 9.92 Å². The number of carbonyl (C=O) groups is 1. The van der Waals surface area contributed by atoms with Crippen LogP contribution < -0.4 is 0 Å². The molecule has 0 radical (unpaired) electrons. The average Bonchev–Trinajstić information content (AvgIpc) is 2.34. The van der Waals surface area contributed by atoms with Crippen LogP contribution >= 0.6 is 27.7 Å². The summed E-state index contributed by atoms with van der Waals surface area (Å²) in [4.78, 5) is 15.7. The molecule has 18 heavy (non-hydrogen) atoms. The van der Waals surface area contributed by atoms with Crippen molar-refractivity contribution in [3.63, 3.8) is 0 Å². The van der Waals surface area contributed by atoms with Crippen molar-refractivity contribution in [2.75, 3.05) is 0 Å². The van der Waals surface area contributed by atoms with Gasteiger partial charge in [-0.05, 0) is 34.1 Å². The van der Waals surface area contributed by atoms with Gasteiger partial charge in [-0.1, -0.05) is 23.9 Å². The van der Waals surface area contributed by atoms with Crippen molar-refractivity contribution in [1.29, 1.82) is 0 Å². The highest BCUT2D eigenvalue weighted by Crippen LogP contribution is 2.33. The van der Waals surface area contributed by atoms with E-state index in [9.17, 15) is 9.18 Å². The monoisotopic (exact) mass is 327 g/mol. The lowest BCUT2D eigenvalue weighted by atomic mass is 10.3. The van der Waals surface area contributed by atoms with Gasteiger partial charge in [0.25, 0.3) is 0 Å². The molecule has 2 aromatic rings. The molecule has 0 unspecified atom stereocenters. The van der Waals surface area contributed by atoms with Crippen molar-refractivity contribution < 1.29 is 14.3 Å². The Bertz CT molecular complexity index is 606. The molecule has 0 atom stereocenters. The first kappa shape index (κ1) is 13.0. The number of rotatable bonds is 3. The van der Waals surface area contributed by atoms with Crippen LogP contribution in [0.4, 0.5) is 4.39 Å². The van der Waals surface area contributed by atoms with Gasteiger partial charge in [0.1, 0.15) is 10.8 Å². The summed E-state index contributed by atoms with van der Waals surface area (Å²) in [6.45, 7) is 0. The largest absolute Gasteiger partial charge is 0.478 e. The Labute approximate surface area is 115 Å². The lowest BCUT2D eigenvalue weighted by Crippen LogP contribution is -2.01. The smallest absolute Gasteiger partial charge is 0.338 e. The molecule has 3 nitrogen and oxygen atoms in total. The maximum atomic E-state index is 13.0. The highest BCUT2D eigenvalue weighted by atomic mass is 79.9. The van der Waals surface area contributed by atoms with E-state index in [1.807, 2.05) is 24.3 Å². The lowest BCUT2D eigenvalue weighted by Gasteiger charge is -2.06. The molecule has 1 N–H and O–H groups in total. The van der Waals surface area contributed by atoms with E-state index in [-0.39, 0.29) is 10.6 Å². The van der Waals surface area contributed by atoms with E-state index in [2.05, 4.69) is 20.9 Å². The second-order valence-electron chi connectivity index (χ2n) is 3.34. The second-order valence-corrected chi connectivity index (χ2v) is 5.23. The third-order valence-electron chi connectivity index (χ3n) is 2.09. The maximum absolute atomic E-state index is 13.0. The van der Waals surface area contributed by atoms with Crippen LogP contribution in [0, 0.1) is 5.82 Å². The van der Waals surface area contributed by atoms with Gasteiger partial charge in [0.15, 0.2) is 0 Å². The van der Waals surface area contributed by atoms with Gasteiger partial charge in [-0.15, -0.1) is 0 Å². The molecule has 2 rings (SSSR count). The Kier molecular flexibility index (Phi) is 3.98. The number of carboxylic acid groups (broad SMARTS) is 1. The molecule has 0 bridgehead atoms. The molecule has 0 aliphatic carbocycles. The van der Waals surface area contributed by atoms with Crippen molar-refractivity contribution in [3.05, 3.63) is 52.4 Å². The van der Waals surface area contributed by atoms with Gasteiger partial charge in [-0.3, -0.25) is 0 Å². The predicted octanol–water partition coefficient (Wildman–Crippen LogP) is 3.83. The number of aromatic nitrogens is 1. The number of benzene rings is 1. The van der Waals surface area contributed by atoms with E-state index >= 15 is 0 Å². The van der Waals surface area contributed by atoms with E-state index in [1.54, 1.807) is 0 Å². The van der Waals surface area contributed by atoms with Crippen molar-refractivity contribution >= 4 is 33.7 Å². The van der Waals surface area contributed by atoms with Gasteiger partial charge < -0.3 is 5.11 Å². The van der Waals surface area contributed by atoms with Crippen LogP contribution in [0.3, 0.4) is 0 Å². The van der Waals surface area contributed by atoms with Crippen LogP contribution in [0.1, 0.15) is 10.4 Å². The molecule has 1 heterocycles. The van der Waals surface area contributed by atoms with Gasteiger partial charge >= 0.3 is 5.97 Å². The van der Waals surface area contributed by atoms with Gasteiger partial charge in [-0.2, -0.15) is 0 Å². The first-order chi connectivity index (χ1) is 8.58. The first-order valence-electron chi connectivity index (χ1n) is 4.89. The molecule has 0 aliphatic heterocycles. The van der Waals surface area contributed by atoms with Crippen LogP contribution in [0.15, 0.2) is 50.9 Å². The van der Waals surface area contributed by atoms with Crippen LogP contribution in [0.2, 0.25) is 0 Å². The third kappa shape index (κ3) is 2.88. The van der Waals surface area contributed by atoms with Gasteiger partial charge in [-0.25, -0.2) is 14.2 Å². The topological polar surface area (TPSA) is 50.2 Å². The fraction of sp³-hybridized carbons (Fsp3) is 0.